The van der Waals surface area contributed by atoms with E-state index in [-0.39, 0.29) is 0 Å². The van der Waals surface area contributed by atoms with Gasteiger partial charge in [-0.15, -0.1) is 11.3 Å². The summed E-state index contributed by atoms with van der Waals surface area (Å²) in [4.78, 5) is 3.82. The predicted octanol–water partition coefficient (Wildman–Crippen LogP) is 3.69. The van der Waals surface area contributed by atoms with Gasteiger partial charge in [-0.05, 0) is 36.9 Å². The lowest BCUT2D eigenvalue weighted by atomic mass is 10.2. The summed E-state index contributed by atoms with van der Waals surface area (Å²) >= 11 is 1.81. The second kappa shape index (κ2) is 6.96. The fourth-order valence-corrected chi connectivity index (χ4v) is 3.44. The first-order valence-electron chi connectivity index (χ1n) is 7.58. The van der Waals surface area contributed by atoms with Crippen molar-refractivity contribution in [2.75, 3.05) is 31.1 Å². The van der Waals surface area contributed by atoms with Gasteiger partial charge in [0.15, 0.2) is 0 Å². The van der Waals surface area contributed by atoms with Gasteiger partial charge in [0.05, 0.1) is 12.3 Å². The molecule has 0 amide bonds. The maximum Gasteiger partial charge on any atom is 0.142 e. The van der Waals surface area contributed by atoms with Crippen molar-refractivity contribution < 1.29 is 4.74 Å². The monoisotopic (exact) mass is 302 g/mol. The molecule has 1 N–H and O–H groups in total. The Kier molecular flexibility index (Phi) is 4.78. The highest BCUT2D eigenvalue weighted by atomic mass is 32.1. The first-order chi connectivity index (χ1) is 10.3. The summed E-state index contributed by atoms with van der Waals surface area (Å²) in [6.45, 7) is 6.09. The van der Waals surface area contributed by atoms with Gasteiger partial charge in [0.25, 0.3) is 0 Å². The number of para-hydroxylation sites is 2. The average Bonchev–Trinajstić information content (AvgIpc) is 2.97. The third-order valence-corrected chi connectivity index (χ3v) is 4.89. The van der Waals surface area contributed by atoms with Gasteiger partial charge < -0.3 is 15.0 Å². The van der Waals surface area contributed by atoms with Crippen molar-refractivity contribution in [2.45, 2.75) is 19.4 Å². The largest absolute Gasteiger partial charge is 0.491 e. The van der Waals surface area contributed by atoms with Crippen molar-refractivity contribution in [3.05, 3.63) is 46.7 Å². The second-order valence-corrected chi connectivity index (χ2v) is 6.33. The molecular formula is C17H22N2OS. The van der Waals surface area contributed by atoms with E-state index in [4.69, 9.17) is 4.74 Å². The lowest BCUT2D eigenvalue weighted by molar-refractivity contribution is 0.322. The zero-order valence-corrected chi connectivity index (χ0v) is 13.2. The van der Waals surface area contributed by atoms with Gasteiger partial charge in [-0.3, -0.25) is 0 Å². The fourth-order valence-electron chi connectivity index (χ4n) is 2.68. The highest BCUT2D eigenvalue weighted by Gasteiger charge is 2.15. The van der Waals surface area contributed by atoms with E-state index in [2.05, 4.69) is 52.9 Å². The van der Waals surface area contributed by atoms with E-state index in [0.29, 0.717) is 6.04 Å². The van der Waals surface area contributed by atoms with Crippen molar-refractivity contribution in [1.29, 1.82) is 0 Å². The molecule has 0 radical (unpaired) electrons. The molecule has 1 unspecified atom stereocenters. The second-order valence-electron chi connectivity index (χ2n) is 5.35. The minimum atomic E-state index is 0.420. The van der Waals surface area contributed by atoms with Crippen LogP contribution in [-0.4, -0.2) is 26.2 Å². The van der Waals surface area contributed by atoms with Crippen LogP contribution in [0.2, 0.25) is 0 Å². The van der Waals surface area contributed by atoms with E-state index in [9.17, 15) is 0 Å². The topological polar surface area (TPSA) is 24.5 Å². The molecule has 1 aromatic heterocycles. The number of hydrogen-bond acceptors (Lipinski definition) is 4. The number of nitrogens with zero attached hydrogens (tertiary/aromatic N) is 1. The van der Waals surface area contributed by atoms with E-state index >= 15 is 0 Å². The Morgan fingerprint density at radius 2 is 2.19 bits per heavy atom. The Hall–Kier alpha value is -1.52. The Morgan fingerprint density at radius 3 is 3.05 bits per heavy atom. The number of ether oxygens (including phenoxy) is 1. The van der Waals surface area contributed by atoms with Crippen LogP contribution in [0.1, 0.15) is 24.3 Å². The molecule has 1 aliphatic heterocycles. The van der Waals surface area contributed by atoms with Crippen LogP contribution >= 0.6 is 11.3 Å². The van der Waals surface area contributed by atoms with Crippen LogP contribution in [0.25, 0.3) is 0 Å². The highest BCUT2D eigenvalue weighted by Crippen LogP contribution is 2.30. The lowest BCUT2D eigenvalue weighted by Crippen LogP contribution is -2.33. The van der Waals surface area contributed by atoms with Crippen LogP contribution in [0.3, 0.4) is 0 Å². The lowest BCUT2D eigenvalue weighted by Gasteiger charge is -2.24. The number of hydrogen-bond donors (Lipinski definition) is 1. The van der Waals surface area contributed by atoms with Gasteiger partial charge in [0, 0.05) is 30.6 Å². The van der Waals surface area contributed by atoms with Crippen LogP contribution in [-0.2, 0) is 0 Å². The molecule has 2 aromatic rings. The van der Waals surface area contributed by atoms with E-state index in [1.807, 2.05) is 17.4 Å². The summed E-state index contributed by atoms with van der Waals surface area (Å²) in [5.41, 5.74) is 1.22. The third kappa shape index (κ3) is 3.57. The van der Waals surface area contributed by atoms with Gasteiger partial charge >= 0.3 is 0 Å². The van der Waals surface area contributed by atoms with Gasteiger partial charge in [0.1, 0.15) is 5.75 Å². The van der Waals surface area contributed by atoms with Gasteiger partial charge in [0.2, 0.25) is 0 Å². The molecule has 0 bridgehead atoms. The Balaban J connectivity index is 1.58. The maximum atomic E-state index is 5.80. The summed E-state index contributed by atoms with van der Waals surface area (Å²) in [6, 6.07) is 13.1. The first kappa shape index (κ1) is 14.4. The molecule has 1 aliphatic rings. The van der Waals surface area contributed by atoms with E-state index in [0.717, 1.165) is 38.4 Å². The normalized spacial score (nSPS) is 16.0. The zero-order chi connectivity index (χ0) is 14.5. The van der Waals surface area contributed by atoms with Crippen molar-refractivity contribution in [3.8, 4) is 5.75 Å². The molecule has 21 heavy (non-hydrogen) atoms. The quantitative estimate of drug-likeness (QED) is 0.911. The van der Waals surface area contributed by atoms with Gasteiger partial charge in [-0.25, -0.2) is 0 Å². The van der Waals surface area contributed by atoms with E-state index < -0.39 is 0 Å². The van der Waals surface area contributed by atoms with Crippen LogP contribution in [0.4, 0.5) is 5.69 Å². The van der Waals surface area contributed by atoms with Crippen LogP contribution < -0.4 is 15.0 Å². The molecule has 3 rings (SSSR count). The SMILES string of the molecule is CC(NCCN1CCCOc2ccccc21)c1cccs1. The molecule has 4 heteroatoms. The number of anilines is 1. The van der Waals surface area contributed by atoms with E-state index in [1.54, 1.807) is 0 Å². The zero-order valence-electron chi connectivity index (χ0n) is 12.4. The number of nitrogens with one attached hydrogen (secondary N) is 1. The van der Waals surface area contributed by atoms with Crippen LogP contribution in [0.5, 0.6) is 5.75 Å². The molecular weight excluding hydrogens is 280 g/mol. The molecule has 0 saturated carbocycles. The Labute approximate surface area is 130 Å². The average molecular weight is 302 g/mol. The standard InChI is InChI=1S/C17H22N2OS/c1-14(17-8-4-13-21-17)18-9-11-19-10-5-12-20-16-7-3-2-6-15(16)19/h2-4,6-8,13-14,18H,5,9-12H2,1H3. The Bertz CT molecular complexity index is 556. The third-order valence-electron chi connectivity index (χ3n) is 3.84. The van der Waals surface area contributed by atoms with Crippen molar-refractivity contribution in [3.63, 3.8) is 0 Å². The minimum Gasteiger partial charge on any atom is -0.491 e. The van der Waals surface area contributed by atoms with Crippen molar-refractivity contribution in [1.82, 2.24) is 5.32 Å². The number of fused-ring (bicyclic) bond motifs is 1. The van der Waals surface area contributed by atoms with Gasteiger partial charge in [-0.1, -0.05) is 18.2 Å². The van der Waals surface area contributed by atoms with Crippen molar-refractivity contribution >= 4 is 17.0 Å². The summed E-state index contributed by atoms with van der Waals surface area (Å²) in [6.07, 6.45) is 1.08. The predicted molar refractivity (Wildman–Crippen MR) is 89.5 cm³/mol. The molecule has 1 atom stereocenters. The molecule has 0 aliphatic carbocycles. The van der Waals surface area contributed by atoms with E-state index in [1.165, 1.54) is 10.6 Å². The molecule has 0 spiro atoms. The van der Waals surface area contributed by atoms with Crippen molar-refractivity contribution in [2.24, 2.45) is 0 Å². The molecule has 1 aromatic carbocycles. The summed E-state index contributed by atoms with van der Waals surface area (Å²) in [5, 5.41) is 5.75. The minimum absolute atomic E-state index is 0.420. The van der Waals surface area contributed by atoms with Crippen LogP contribution in [0, 0.1) is 0 Å². The van der Waals surface area contributed by atoms with Crippen LogP contribution in [0.15, 0.2) is 41.8 Å². The maximum absolute atomic E-state index is 5.80. The molecule has 0 fully saturated rings. The van der Waals surface area contributed by atoms with Gasteiger partial charge in [-0.2, -0.15) is 0 Å². The number of thiophene rings is 1. The first-order valence-corrected chi connectivity index (χ1v) is 8.46. The summed E-state index contributed by atoms with van der Waals surface area (Å²) in [5.74, 6) is 1.02. The number of benzene rings is 1. The molecule has 112 valence electrons. The summed E-state index contributed by atoms with van der Waals surface area (Å²) in [7, 11) is 0. The molecule has 0 saturated heterocycles. The Morgan fingerprint density at radius 1 is 1.29 bits per heavy atom. The molecule has 2 heterocycles. The number of rotatable bonds is 5. The smallest absolute Gasteiger partial charge is 0.142 e. The highest BCUT2D eigenvalue weighted by molar-refractivity contribution is 7.10. The molecule has 3 nitrogen and oxygen atoms in total. The fraction of sp³-hybridized carbons (Fsp3) is 0.412. The summed E-state index contributed by atoms with van der Waals surface area (Å²) < 4.78 is 5.80.